The molecule has 0 bridgehead atoms. The molecule has 0 saturated heterocycles. The first kappa shape index (κ1) is 12.0. The van der Waals surface area contributed by atoms with E-state index in [1.54, 1.807) is 0 Å². The minimum atomic E-state index is -5.05. The monoisotopic (exact) mass is 222 g/mol. The lowest BCUT2D eigenvalue weighted by Gasteiger charge is -2.23. The SMILES string of the molecule is Cc1cccc(C(F)(F)C(O)(F)F)c1C. The summed E-state index contributed by atoms with van der Waals surface area (Å²) in [6.07, 6.45) is -5.05. The second-order valence-corrected chi connectivity index (χ2v) is 3.36. The number of hydrogen-bond donors (Lipinski definition) is 1. The molecule has 1 nitrogen and oxygen atoms in total. The van der Waals surface area contributed by atoms with E-state index < -0.39 is 17.6 Å². The molecule has 0 radical (unpaired) electrons. The summed E-state index contributed by atoms with van der Waals surface area (Å²) >= 11 is 0. The van der Waals surface area contributed by atoms with Crippen LogP contribution in [-0.4, -0.2) is 11.2 Å². The van der Waals surface area contributed by atoms with Gasteiger partial charge >= 0.3 is 12.0 Å². The van der Waals surface area contributed by atoms with Gasteiger partial charge in [-0.2, -0.15) is 17.6 Å². The predicted octanol–water partition coefficient (Wildman–Crippen LogP) is 2.98. The third-order valence-electron chi connectivity index (χ3n) is 2.32. The fourth-order valence-electron chi connectivity index (χ4n) is 1.25. The van der Waals surface area contributed by atoms with Crippen molar-refractivity contribution in [2.45, 2.75) is 25.9 Å². The quantitative estimate of drug-likeness (QED) is 0.762. The average molecular weight is 222 g/mol. The Bertz CT molecular complexity index is 368. The third-order valence-corrected chi connectivity index (χ3v) is 2.32. The molecule has 0 amide bonds. The van der Waals surface area contributed by atoms with Crippen LogP contribution < -0.4 is 0 Å². The molecule has 0 saturated carbocycles. The van der Waals surface area contributed by atoms with E-state index in [0.29, 0.717) is 5.56 Å². The highest BCUT2D eigenvalue weighted by Gasteiger charge is 2.57. The molecular formula is C10H10F4O. The van der Waals surface area contributed by atoms with Gasteiger partial charge in [-0.3, -0.25) is 0 Å². The van der Waals surface area contributed by atoms with Crippen molar-refractivity contribution in [3.8, 4) is 0 Å². The molecule has 0 spiro atoms. The number of aliphatic hydroxyl groups is 1. The molecule has 1 aromatic rings. The lowest BCUT2D eigenvalue weighted by molar-refractivity contribution is -0.332. The van der Waals surface area contributed by atoms with Crippen molar-refractivity contribution >= 4 is 0 Å². The van der Waals surface area contributed by atoms with Crippen LogP contribution in [0.25, 0.3) is 0 Å². The van der Waals surface area contributed by atoms with E-state index in [2.05, 4.69) is 0 Å². The van der Waals surface area contributed by atoms with Crippen molar-refractivity contribution in [1.29, 1.82) is 0 Å². The predicted molar refractivity (Wildman–Crippen MR) is 47.0 cm³/mol. The van der Waals surface area contributed by atoms with Crippen LogP contribution >= 0.6 is 0 Å². The molecule has 1 aromatic carbocycles. The highest BCUT2D eigenvalue weighted by molar-refractivity contribution is 5.36. The summed E-state index contributed by atoms with van der Waals surface area (Å²) in [5.74, 6) is -4.57. The summed E-state index contributed by atoms with van der Waals surface area (Å²) in [5.41, 5.74) is -0.331. The minimum absolute atomic E-state index is 0.0521. The van der Waals surface area contributed by atoms with Crippen LogP contribution in [-0.2, 0) is 5.92 Å². The van der Waals surface area contributed by atoms with E-state index in [9.17, 15) is 17.6 Å². The van der Waals surface area contributed by atoms with Gasteiger partial charge in [-0.25, -0.2) is 0 Å². The van der Waals surface area contributed by atoms with E-state index in [1.165, 1.54) is 26.0 Å². The average Bonchev–Trinajstić information content (AvgIpc) is 2.07. The maximum atomic E-state index is 13.1. The Morgan fingerprint density at radius 2 is 1.60 bits per heavy atom. The standard InChI is InChI=1S/C10H10F4O/c1-6-4-3-5-8(7(6)2)9(11,12)10(13,14)15/h3-5,15H,1-2H3. The van der Waals surface area contributed by atoms with Gasteiger partial charge in [-0.15, -0.1) is 0 Å². The van der Waals surface area contributed by atoms with Gasteiger partial charge in [0.05, 0.1) is 0 Å². The number of aryl methyl sites for hydroxylation is 1. The molecule has 84 valence electrons. The summed E-state index contributed by atoms with van der Waals surface area (Å²) in [5, 5.41) is 8.13. The molecule has 0 heterocycles. The van der Waals surface area contributed by atoms with Crippen LogP contribution in [0, 0.1) is 13.8 Å². The summed E-state index contributed by atoms with van der Waals surface area (Å²) in [6.45, 7) is 2.84. The molecule has 0 aromatic heterocycles. The van der Waals surface area contributed by atoms with E-state index in [0.717, 1.165) is 6.07 Å². The largest absolute Gasteiger partial charge is 0.421 e. The Morgan fingerprint density at radius 3 is 2.07 bits per heavy atom. The zero-order valence-corrected chi connectivity index (χ0v) is 8.19. The molecule has 1 rings (SSSR count). The highest BCUT2D eigenvalue weighted by atomic mass is 19.3. The van der Waals surface area contributed by atoms with Crippen molar-refractivity contribution in [2.24, 2.45) is 0 Å². The van der Waals surface area contributed by atoms with Crippen molar-refractivity contribution < 1.29 is 22.7 Å². The summed E-state index contributed by atoms with van der Waals surface area (Å²) in [7, 11) is 0. The van der Waals surface area contributed by atoms with Gasteiger partial charge in [0.2, 0.25) is 0 Å². The molecule has 0 aliphatic heterocycles. The molecule has 0 atom stereocenters. The van der Waals surface area contributed by atoms with Crippen molar-refractivity contribution in [1.82, 2.24) is 0 Å². The molecule has 1 N–H and O–H groups in total. The zero-order valence-electron chi connectivity index (χ0n) is 8.19. The van der Waals surface area contributed by atoms with Crippen molar-refractivity contribution in [3.63, 3.8) is 0 Å². The zero-order chi connectivity index (χ0) is 11.9. The fourth-order valence-corrected chi connectivity index (χ4v) is 1.25. The van der Waals surface area contributed by atoms with E-state index in [1.807, 2.05) is 0 Å². The van der Waals surface area contributed by atoms with Crippen molar-refractivity contribution in [3.05, 3.63) is 34.9 Å². The molecular weight excluding hydrogens is 212 g/mol. The van der Waals surface area contributed by atoms with Gasteiger partial charge in [0.25, 0.3) is 0 Å². The molecule has 15 heavy (non-hydrogen) atoms. The molecule has 0 aliphatic rings. The Morgan fingerprint density at radius 1 is 1.07 bits per heavy atom. The topological polar surface area (TPSA) is 20.2 Å². The number of benzene rings is 1. The molecule has 5 heteroatoms. The first-order valence-electron chi connectivity index (χ1n) is 4.22. The second kappa shape index (κ2) is 3.48. The number of alkyl halides is 4. The normalized spacial score (nSPS) is 13.0. The maximum absolute atomic E-state index is 13.1. The van der Waals surface area contributed by atoms with E-state index in [-0.39, 0.29) is 5.56 Å². The fraction of sp³-hybridized carbons (Fsp3) is 0.400. The first-order valence-corrected chi connectivity index (χ1v) is 4.22. The van der Waals surface area contributed by atoms with Gasteiger partial charge in [0.15, 0.2) is 0 Å². The summed E-state index contributed by atoms with van der Waals surface area (Å²) < 4.78 is 50.8. The lowest BCUT2D eigenvalue weighted by Crippen LogP contribution is -2.38. The Balaban J connectivity index is 3.34. The van der Waals surface area contributed by atoms with Crippen LogP contribution in [0.5, 0.6) is 0 Å². The minimum Gasteiger partial charge on any atom is -0.331 e. The Labute approximate surface area is 84.3 Å². The third kappa shape index (κ3) is 1.97. The number of halogens is 4. The Kier molecular flexibility index (Phi) is 2.78. The lowest BCUT2D eigenvalue weighted by atomic mass is 9.98. The number of hydrogen-bond acceptors (Lipinski definition) is 1. The van der Waals surface area contributed by atoms with Crippen LogP contribution in [0.1, 0.15) is 16.7 Å². The van der Waals surface area contributed by atoms with Gasteiger partial charge < -0.3 is 5.11 Å². The maximum Gasteiger partial charge on any atom is 0.421 e. The van der Waals surface area contributed by atoms with Gasteiger partial charge in [0.1, 0.15) is 0 Å². The van der Waals surface area contributed by atoms with Crippen LogP contribution in [0.2, 0.25) is 0 Å². The number of rotatable bonds is 2. The smallest absolute Gasteiger partial charge is 0.331 e. The van der Waals surface area contributed by atoms with Crippen molar-refractivity contribution in [2.75, 3.05) is 0 Å². The Hall–Kier alpha value is -1.10. The van der Waals surface area contributed by atoms with Gasteiger partial charge in [-0.1, -0.05) is 18.2 Å². The van der Waals surface area contributed by atoms with Crippen LogP contribution in [0.3, 0.4) is 0 Å². The second-order valence-electron chi connectivity index (χ2n) is 3.36. The van der Waals surface area contributed by atoms with E-state index in [4.69, 9.17) is 5.11 Å². The van der Waals surface area contributed by atoms with Crippen LogP contribution in [0.15, 0.2) is 18.2 Å². The molecule has 0 fully saturated rings. The molecule has 0 unspecified atom stereocenters. The van der Waals surface area contributed by atoms with Crippen LogP contribution in [0.4, 0.5) is 17.6 Å². The summed E-state index contributed by atoms with van der Waals surface area (Å²) in [4.78, 5) is 0. The van der Waals surface area contributed by atoms with Gasteiger partial charge in [-0.05, 0) is 25.0 Å². The van der Waals surface area contributed by atoms with Gasteiger partial charge in [0, 0.05) is 5.56 Å². The highest BCUT2D eigenvalue weighted by Crippen LogP contribution is 2.42. The van der Waals surface area contributed by atoms with E-state index >= 15 is 0 Å². The first-order chi connectivity index (χ1) is 6.68. The summed E-state index contributed by atoms with van der Waals surface area (Å²) in [6, 6.07) is 3.66. The molecule has 0 aliphatic carbocycles.